The van der Waals surface area contributed by atoms with Crippen LogP contribution in [0.3, 0.4) is 0 Å². The second-order valence-corrected chi connectivity index (χ2v) is 6.86. The van der Waals surface area contributed by atoms with E-state index in [1.165, 1.54) is 37.9 Å². The minimum atomic E-state index is 0.213. The van der Waals surface area contributed by atoms with E-state index in [-0.39, 0.29) is 5.91 Å². The topological polar surface area (TPSA) is 29.1 Å². The molecule has 0 saturated carbocycles. The second-order valence-electron chi connectivity index (χ2n) is 4.16. The van der Waals surface area contributed by atoms with Crippen LogP contribution in [0.4, 0.5) is 0 Å². The number of hydrogen-bond acceptors (Lipinski definition) is 3. The van der Waals surface area contributed by atoms with E-state index >= 15 is 0 Å². The van der Waals surface area contributed by atoms with Gasteiger partial charge >= 0.3 is 0 Å². The number of unbranched alkanes of at least 4 members (excludes halogenated alkanes) is 4. The van der Waals surface area contributed by atoms with Crippen molar-refractivity contribution in [2.45, 2.75) is 58.8 Å². The summed E-state index contributed by atoms with van der Waals surface area (Å²) in [7, 11) is 3.68. The van der Waals surface area contributed by atoms with Gasteiger partial charge in [0, 0.05) is 24.5 Å². The molecule has 0 fully saturated rings. The molecule has 102 valence electrons. The molecule has 0 aromatic carbocycles. The summed E-state index contributed by atoms with van der Waals surface area (Å²) in [6.07, 6.45) is 8.14. The van der Waals surface area contributed by atoms with Crippen LogP contribution in [0.25, 0.3) is 0 Å². The summed E-state index contributed by atoms with van der Waals surface area (Å²) in [5.74, 6) is 2.33. The van der Waals surface area contributed by atoms with Crippen molar-refractivity contribution in [3.8, 4) is 0 Å². The first-order chi connectivity index (χ1) is 8.31. The highest BCUT2D eigenvalue weighted by Gasteiger charge is 2.00. The molecular weight excluding hydrogens is 250 g/mol. The largest absolute Gasteiger partial charge is 0.356 e. The second kappa shape index (κ2) is 14.2. The molecule has 0 atom stereocenters. The van der Waals surface area contributed by atoms with Crippen LogP contribution in [-0.2, 0) is 4.79 Å². The van der Waals surface area contributed by atoms with Gasteiger partial charge in [-0.25, -0.2) is 0 Å². The fourth-order valence-corrected chi connectivity index (χ4v) is 3.51. The van der Waals surface area contributed by atoms with E-state index in [0.29, 0.717) is 6.42 Å². The molecule has 0 heterocycles. The van der Waals surface area contributed by atoms with Crippen molar-refractivity contribution in [1.82, 2.24) is 5.32 Å². The minimum absolute atomic E-state index is 0.213. The molecule has 0 spiro atoms. The lowest BCUT2D eigenvalue weighted by molar-refractivity contribution is -0.120. The molecule has 4 heteroatoms. The average Bonchev–Trinajstić information content (AvgIpc) is 2.33. The van der Waals surface area contributed by atoms with E-state index in [1.54, 1.807) is 0 Å². The SMILES string of the molecule is CCCCCCCNC(=O)CCSSCCC. The molecule has 1 N–H and O–H groups in total. The third-order valence-electron chi connectivity index (χ3n) is 2.39. The van der Waals surface area contributed by atoms with E-state index in [1.807, 2.05) is 21.6 Å². The molecule has 0 aromatic heterocycles. The Labute approximate surface area is 114 Å². The zero-order valence-corrected chi connectivity index (χ0v) is 12.9. The van der Waals surface area contributed by atoms with Crippen molar-refractivity contribution in [1.29, 1.82) is 0 Å². The summed E-state index contributed by atoms with van der Waals surface area (Å²) >= 11 is 0. The Kier molecular flexibility index (Phi) is 14.4. The smallest absolute Gasteiger partial charge is 0.220 e. The van der Waals surface area contributed by atoms with Gasteiger partial charge < -0.3 is 5.32 Å². The number of carbonyl (C=O) groups excluding carboxylic acids is 1. The van der Waals surface area contributed by atoms with Crippen molar-refractivity contribution < 1.29 is 4.79 Å². The van der Waals surface area contributed by atoms with E-state index in [9.17, 15) is 4.79 Å². The van der Waals surface area contributed by atoms with E-state index in [0.717, 1.165) is 18.7 Å². The first-order valence-electron chi connectivity index (χ1n) is 6.82. The van der Waals surface area contributed by atoms with E-state index in [2.05, 4.69) is 19.2 Å². The third kappa shape index (κ3) is 14.1. The van der Waals surface area contributed by atoms with Gasteiger partial charge in [0.1, 0.15) is 0 Å². The Hall–Kier alpha value is 0.170. The van der Waals surface area contributed by atoms with Crippen LogP contribution in [0.15, 0.2) is 0 Å². The van der Waals surface area contributed by atoms with Crippen molar-refractivity contribution in [2.75, 3.05) is 18.1 Å². The van der Waals surface area contributed by atoms with Crippen LogP contribution in [0.2, 0.25) is 0 Å². The summed E-state index contributed by atoms with van der Waals surface area (Å²) in [6.45, 7) is 5.25. The maximum atomic E-state index is 11.4. The van der Waals surface area contributed by atoms with Gasteiger partial charge in [-0.05, 0) is 12.8 Å². The van der Waals surface area contributed by atoms with Crippen molar-refractivity contribution in [2.24, 2.45) is 0 Å². The van der Waals surface area contributed by atoms with Crippen molar-refractivity contribution in [3.05, 3.63) is 0 Å². The van der Waals surface area contributed by atoms with Gasteiger partial charge in [0.05, 0.1) is 0 Å². The van der Waals surface area contributed by atoms with Crippen LogP contribution in [0.5, 0.6) is 0 Å². The molecule has 17 heavy (non-hydrogen) atoms. The summed E-state index contributed by atoms with van der Waals surface area (Å²) in [5.41, 5.74) is 0. The summed E-state index contributed by atoms with van der Waals surface area (Å²) in [5, 5.41) is 2.99. The zero-order valence-electron chi connectivity index (χ0n) is 11.3. The van der Waals surface area contributed by atoms with E-state index in [4.69, 9.17) is 0 Å². The fraction of sp³-hybridized carbons (Fsp3) is 0.923. The number of amides is 1. The van der Waals surface area contributed by atoms with Crippen molar-refractivity contribution >= 4 is 27.5 Å². The maximum absolute atomic E-state index is 11.4. The van der Waals surface area contributed by atoms with Crippen LogP contribution in [-0.4, -0.2) is 24.0 Å². The minimum Gasteiger partial charge on any atom is -0.356 e. The van der Waals surface area contributed by atoms with Gasteiger partial charge in [-0.2, -0.15) is 0 Å². The molecule has 2 nitrogen and oxygen atoms in total. The average molecular weight is 277 g/mol. The molecule has 0 aliphatic heterocycles. The van der Waals surface area contributed by atoms with Gasteiger partial charge in [0.2, 0.25) is 5.91 Å². The van der Waals surface area contributed by atoms with E-state index < -0.39 is 0 Å². The summed E-state index contributed by atoms with van der Waals surface area (Å²) < 4.78 is 0. The normalized spacial score (nSPS) is 10.5. The molecule has 1 amide bonds. The van der Waals surface area contributed by atoms with Crippen LogP contribution in [0, 0.1) is 0 Å². The molecular formula is C13H27NOS2. The van der Waals surface area contributed by atoms with Gasteiger partial charge in [0.25, 0.3) is 0 Å². The predicted molar refractivity (Wildman–Crippen MR) is 81.6 cm³/mol. The van der Waals surface area contributed by atoms with Crippen LogP contribution >= 0.6 is 21.6 Å². The lowest BCUT2D eigenvalue weighted by Crippen LogP contribution is -2.24. The molecule has 0 aliphatic rings. The number of rotatable bonds is 12. The predicted octanol–water partition coefficient (Wildman–Crippen LogP) is 4.25. The fourth-order valence-electron chi connectivity index (χ4n) is 1.38. The quantitative estimate of drug-likeness (QED) is 0.427. The molecule has 0 unspecified atom stereocenters. The van der Waals surface area contributed by atoms with Gasteiger partial charge in [-0.3, -0.25) is 4.79 Å². The first kappa shape index (κ1) is 17.2. The highest BCUT2D eigenvalue weighted by molar-refractivity contribution is 8.76. The first-order valence-corrected chi connectivity index (χ1v) is 9.31. The zero-order chi connectivity index (χ0) is 12.8. The third-order valence-corrected chi connectivity index (χ3v) is 5.00. The Balaban J connectivity index is 3.12. The maximum Gasteiger partial charge on any atom is 0.220 e. The molecule has 0 radical (unpaired) electrons. The number of carbonyl (C=O) groups is 1. The highest BCUT2D eigenvalue weighted by Crippen LogP contribution is 2.22. The van der Waals surface area contributed by atoms with Gasteiger partial charge in [-0.1, -0.05) is 61.1 Å². The molecule has 0 bridgehead atoms. The molecule has 0 rings (SSSR count). The van der Waals surface area contributed by atoms with Gasteiger partial charge in [-0.15, -0.1) is 0 Å². The molecule has 0 aliphatic carbocycles. The molecule has 0 saturated heterocycles. The van der Waals surface area contributed by atoms with Gasteiger partial charge in [0.15, 0.2) is 0 Å². The Morgan fingerprint density at radius 1 is 0.941 bits per heavy atom. The lowest BCUT2D eigenvalue weighted by Gasteiger charge is -2.04. The standard InChI is InChI=1S/C13H27NOS2/c1-3-5-6-7-8-10-14-13(15)9-12-17-16-11-4-2/h3-12H2,1-2H3,(H,14,15). The van der Waals surface area contributed by atoms with Crippen LogP contribution in [0.1, 0.15) is 58.8 Å². The monoisotopic (exact) mass is 277 g/mol. The number of hydrogen-bond donors (Lipinski definition) is 1. The Morgan fingerprint density at radius 3 is 2.35 bits per heavy atom. The highest BCUT2D eigenvalue weighted by atomic mass is 33.1. The number of nitrogens with one attached hydrogen (secondary N) is 1. The summed E-state index contributed by atoms with van der Waals surface area (Å²) in [6, 6.07) is 0. The Morgan fingerprint density at radius 2 is 1.65 bits per heavy atom. The van der Waals surface area contributed by atoms with Crippen LogP contribution < -0.4 is 5.32 Å². The summed E-state index contributed by atoms with van der Waals surface area (Å²) in [4.78, 5) is 11.4. The Bertz CT molecular complexity index is 177. The van der Waals surface area contributed by atoms with Crippen molar-refractivity contribution in [3.63, 3.8) is 0 Å². The lowest BCUT2D eigenvalue weighted by atomic mass is 10.1. The molecule has 0 aromatic rings.